The summed E-state index contributed by atoms with van der Waals surface area (Å²) in [5, 5.41) is 11.7. The zero-order valence-electron chi connectivity index (χ0n) is 15.8. The summed E-state index contributed by atoms with van der Waals surface area (Å²) in [6, 6.07) is 16.2. The molecule has 0 unspecified atom stereocenters. The van der Waals surface area contributed by atoms with Crippen molar-refractivity contribution in [3.63, 3.8) is 0 Å². The molecule has 1 fully saturated rings. The van der Waals surface area contributed by atoms with Crippen LogP contribution in [0.1, 0.15) is 43.9 Å². The van der Waals surface area contributed by atoms with Gasteiger partial charge < -0.3 is 5.32 Å². The molecule has 1 heterocycles. The summed E-state index contributed by atoms with van der Waals surface area (Å²) in [4.78, 5) is 11.9. The maximum atomic E-state index is 12.3. The summed E-state index contributed by atoms with van der Waals surface area (Å²) in [6.07, 6.45) is 0.733. The van der Waals surface area contributed by atoms with Gasteiger partial charge in [0.15, 0.2) is 0 Å². The van der Waals surface area contributed by atoms with Gasteiger partial charge >= 0.3 is 0 Å². The quantitative estimate of drug-likeness (QED) is 0.810. The van der Waals surface area contributed by atoms with E-state index in [1.54, 1.807) is 19.9 Å². The van der Waals surface area contributed by atoms with Gasteiger partial charge in [-0.2, -0.15) is 5.26 Å². The van der Waals surface area contributed by atoms with E-state index in [1.165, 1.54) is 0 Å². The molecule has 1 aliphatic heterocycles. The summed E-state index contributed by atoms with van der Waals surface area (Å²) >= 11 is 0. The van der Waals surface area contributed by atoms with Crippen LogP contribution in [0.15, 0.2) is 48.5 Å². The molecule has 1 aliphatic rings. The first-order chi connectivity index (χ1) is 13.3. The number of carbonyl (C=O) groups excluding carboxylic acids is 1. The van der Waals surface area contributed by atoms with E-state index < -0.39 is 27.4 Å². The predicted octanol–water partition coefficient (Wildman–Crippen LogP) is 2.87. The fourth-order valence-electron chi connectivity index (χ4n) is 3.29. The van der Waals surface area contributed by atoms with Crippen LogP contribution >= 0.6 is 0 Å². The van der Waals surface area contributed by atoms with Crippen molar-refractivity contribution in [3.8, 4) is 17.2 Å². The van der Waals surface area contributed by atoms with Gasteiger partial charge in [-0.05, 0) is 43.0 Å². The maximum absolute atomic E-state index is 12.3. The summed E-state index contributed by atoms with van der Waals surface area (Å²) < 4.78 is 27.4. The number of nitrogens with zero attached hydrogens (tertiary/aromatic N) is 1. The largest absolute Gasteiger partial charge is 0.348 e. The number of carbonyl (C=O) groups is 1. The number of hydrogen-bond donors (Lipinski definition) is 2. The lowest BCUT2D eigenvalue weighted by atomic mass is 9.91. The van der Waals surface area contributed by atoms with E-state index >= 15 is 0 Å². The van der Waals surface area contributed by atoms with Crippen LogP contribution < -0.4 is 10.0 Å². The van der Waals surface area contributed by atoms with Gasteiger partial charge in [0.25, 0.3) is 0 Å². The molecule has 0 bridgehead atoms. The lowest BCUT2D eigenvalue weighted by Gasteiger charge is -2.33. The Hall–Kier alpha value is -2.69. The molecule has 2 aromatic carbocycles. The van der Waals surface area contributed by atoms with E-state index in [9.17, 15) is 18.5 Å². The number of benzene rings is 2. The molecule has 1 amide bonds. The summed E-state index contributed by atoms with van der Waals surface area (Å²) in [5.74, 6) is -0.0936. The Morgan fingerprint density at radius 3 is 2.46 bits per heavy atom. The number of amides is 1. The van der Waals surface area contributed by atoms with E-state index in [0.29, 0.717) is 12.0 Å². The Labute approximate surface area is 165 Å². The van der Waals surface area contributed by atoms with Crippen LogP contribution in [-0.2, 0) is 14.8 Å². The first-order valence-corrected chi connectivity index (χ1v) is 10.8. The van der Waals surface area contributed by atoms with Crippen molar-refractivity contribution in [2.45, 2.75) is 44.0 Å². The molecule has 0 aromatic heterocycles. The smallest absolute Gasteiger partial charge is 0.220 e. The normalized spacial score (nSPS) is 19.9. The Morgan fingerprint density at radius 1 is 1.14 bits per heavy atom. The SMILES string of the molecule is CC(C)S(=O)(=O)N[C@@H]1CCC(=O)N[C@H]1c1ccc(-c2ccccc2C#N)cc1. The number of nitriles is 1. The van der Waals surface area contributed by atoms with Crippen molar-refractivity contribution in [2.75, 3.05) is 0 Å². The van der Waals surface area contributed by atoms with E-state index in [1.807, 2.05) is 42.5 Å². The fraction of sp³-hybridized carbons (Fsp3) is 0.333. The predicted molar refractivity (Wildman–Crippen MR) is 108 cm³/mol. The first-order valence-electron chi connectivity index (χ1n) is 9.22. The molecule has 146 valence electrons. The van der Waals surface area contributed by atoms with Gasteiger partial charge in [0.05, 0.1) is 22.9 Å². The van der Waals surface area contributed by atoms with Crippen LogP contribution in [0.4, 0.5) is 0 Å². The van der Waals surface area contributed by atoms with Gasteiger partial charge in [-0.25, -0.2) is 13.1 Å². The summed E-state index contributed by atoms with van der Waals surface area (Å²) in [5.41, 5.74) is 3.13. The van der Waals surface area contributed by atoms with Crippen molar-refractivity contribution in [1.29, 1.82) is 5.26 Å². The van der Waals surface area contributed by atoms with Crippen molar-refractivity contribution < 1.29 is 13.2 Å². The maximum Gasteiger partial charge on any atom is 0.220 e. The third-order valence-electron chi connectivity index (χ3n) is 4.97. The van der Waals surface area contributed by atoms with E-state index in [-0.39, 0.29) is 12.3 Å². The first kappa shape index (κ1) is 20.1. The Kier molecular flexibility index (Phi) is 5.82. The average Bonchev–Trinajstić information content (AvgIpc) is 2.69. The van der Waals surface area contributed by atoms with Crippen LogP contribution in [-0.4, -0.2) is 25.6 Å². The molecule has 3 rings (SSSR count). The second-order valence-corrected chi connectivity index (χ2v) is 9.45. The highest BCUT2D eigenvalue weighted by Gasteiger charge is 2.33. The average molecular weight is 398 g/mol. The topological polar surface area (TPSA) is 99.1 Å². The molecule has 0 spiro atoms. The van der Waals surface area contributed by atoms with Crippen molar-refractivity contribution in [1.82, 2.24) is 10.0 Å². The minimum Gasteiger partial charge on any atom is -0.348 e. The molecule has 0 aliphatic carbocycles. The molecule has 6 nitrogen and oxygen atoms in total. The van der Waals surface area contributed by atoms with Gasteiger partial charge in [0.1, 0.15) is 0 Å². The van der Waals surface area contributed by atoms with Crippen LogP contribution in [0.25, 0.3) is 11.1 Å². The highest BCUT2D eigenvalue weighted by Crippen LogP contribution is 2.29. The molecule has 2 aromatic rings. The van der Waals surface area contributed by atoms with Crippen LogP contribution in [0.3, 0.4) is 0 Å². The highest BCUT2D eigenvalue weighted by molar-refractivity contribution is 7.90. The van der Waals surface area contributed by atoms with Crippen LogP contribution in [0, 0.1) is 11.3 Å². The second kappa shape index (κ2) is 8.13. The molecule has 28 heavy (non-hydrogen) atoms. The third kappa shape index (κ3) is 4.24. The van der Waals surface area contributed by atoms with Crippen molar-refractivity contribution >= 4 is 15.9 Å². The molecule has 7 heteroatoms. The summed E-state index contributed by atoms with van der Waals surface area (Å²) in [6.45, 7) is 3.25. The number of piperidine rings is 1. The zero-order valence-corrected chi connectivity index (χ0v) is 16.7. The van der Waals surface area contributed by atoms with Gasteiger partial charge in [0, 0.05) is 12.5 Å². The lowest BCUT2D eigenvalue weighted by molar-refractivity contribution is -0.123. The third-order valence-corrected chi connectivity index (χ3v) is 6.84. The molecule has 1 saturated heterocycles. The Morgan fingerprint density at radius 2 is 1.82 bits per heavy atom. The van der Waals surface area contributed by atoms with Crippen molar-refractivity contribution in [3.05, 3.63) is 59.7 Å². The minimum atomic E-state index is -3.45. The molecule has 2 N–H and O–H groups in total. The van der Waals surface area contributed by atoms with Crippen LogP contribution in [0.5, 0.6) is 0 Å². The number of hydrogen-bond acceptors (Lipinski definition) is 4. The van der Waals surface area contributed by atoms with Gasteiger partial charge in [-0.15, -0.1) is 0 Å². The van der Waals surface area contributed by atoms with E-state index in [4.69, 9.17) is 0 Å². The van der Waals surface area contributed by atoms with Crippen molar-refractivity contribution in [2.24, 2.45) is 0 Å². The van der Waals surface area contributed by atoms with Gasteiger partial charge in [0.2, 0.25) is 15.9 Å². The standard InChI is InChI=1S/C21H23N3O3S/c1-14(2)28(26,27)24-19-11-12-20(25)23-21(19)16-9-7-15(8-10-16)18-6-4-3-5-17(18)13-22/h3-10,14,19,21,24H,11-12H2,1-2H3,(H,23,25)/t19-,21+/m1/s1. The summed E-state index contributed by atoms with van der Waals surface area (Å²) in [7, 11) is -3.45. The molecule has 0 radical (unpaired) electrons. The van der Waals surface area contributed by atoms with E-state index in [2.05, 4.69) is 16.1 Å². The minimum absolute atomic E-state index is 0.0936. The Balaban J connectivity index is 1.89. The Bertz CT molecular complexity index is 1010. The molecule has 2 atom stereocenters. The van der Waals surface area contributed by atoms with Gasteiger partial charge in [-0.1, -0.05) is 42.5 Å². The van der Waals surface area contributed by atoms with Crippen LogP contribution in [0.2, 0.25) is 0 Å². The number of nitrogens with one attached hydrogen (secondary N) is 2. The van der Waals surface area contributed by atoms with E-state index in [0.717, 1.165) is 16.7 Å². The monoisotopic (exact) mass is 397 g/mol. The zero-order chi connectivity index (χ0) is 20.3. The molecular formula is C21H23N3O3S. The number of rotatable bonds is 5. The molecule has 0 saturated carbocycles. The van der Waals surface area contributed by atoms with Gasteiger partial charge in [-0.3, -0.25) is 4.79 Å². The molecular weight excluding hydrogens is 374 g/mol. The lowest BCUT2D eigenvalue weighted by Crippen LogP contribution is -2.51. The number of sulfonamides is 1. The second-order valence-electron chi connectivity index (χ2n) is 7.18. The highest BCUT2D eigenvalue weighted by atomic mass is 32.2. The fourth-order valence-corrected chi connectivity index (χ4v) is 4.24.